The number of halogens is 1. The molecule has 2 aliphatic rings. The van der Waals surface area contributed by atoms with Gasteiger partial charge in [0.15, 0.2) is 0 Å². The first kappa shape index (κ1) is 19.4. The molecule has 0 spiro atoms. The second-order valence-corrected chi connectivity index (χ2v) is 8.86. The third-order valence-electron chi connectivity index (χ3n) is 5.18. The highest BCUT2D eigenvalue weighted by molar-refractivity contribution is 7.18. The maximum absolute atomic E-state index is 13.0. The molecule has 1 saturated heterocycles. The molecule has 10 heteroatoms. The third-order valence-corrected chi connectivity index (χ3v) is 6.41. The van der Waals surface area contributed by atoms with E-state index in [1.807, 2.05) is 17.8 Å². The summed E-state index contributed by atoms with van der Waals surface area (Å²) in [6, 6.07) is 3.09. The van der Waals surface area contributed by atoms with Crippen LogP contribution in [0.2, 0.25) is 4.34 Å². The second kappa shape index (κ2) is 7.82. The summed E-state index contributed by atoms with van der Waals surface area (Å²) in [5.74, 6) is 0.556. The van der Waals surface area contributed by atoms with Gasteiger partial charge in [0.05, 0.1) is 27.9 Å². The zero-order valence-electron chi connectivity index (χ0n) is 15.7. The summed E-state index contributed by atoms with van der Waals surface area (Å²) in [5, 5.41) is 2.96. The predicted octanol–water partition coefficient (Wildman–Crippen LogP) is 1.31. The van der Waals surface area contributed by atoms with Gasteiger partial charge in [0.25, 0.3) is 11.8 Å². The molecule has 2 aromatic rings. The summed E-state index contributed by atoms with van der Waals surface area (Å²) in [4.78, 5) is 34.3. The Hall–Kier alpha value is -1.94. The smallest absolute Gasteiger partial charge is 0.274 e. The number of rotatable bonds is 4. The van der Waals surface area contributed by atoms with Gasteiger partial charge in [-0.25, -0.2) is 4.98 Å². The molecule has 28 heavy (non-hydrogen) atoms. The van der Waals surface area contributed by atoms with Crippen LogP contribution in [0.3, 0.4) is 0 Å². The van der Waals surface area contributed by atoms with Crippen molar-refractivity contribution in [3.8, 4) is 0 Å². The van der Waals surface area contributed by atoms with E-state index in [0.29, 0.717) is 28.0 Å². The van der Waals surface area contributed by atoms with E-state index in [4.69, 9.17) is 16.3 Å². The number of imidazole rings is 1. The van der Waals surface area contributed by atoms with Crippen molar-refractivity contribution in [3.05, 3.63) is 39.1 Å². The van der Waals surface area contributed by atoms with E-state index in [-0.39, 0.29) is 24.0 Å². The fourth-order valence-electron chi connectivity index (χ4n) is 3.63. The molecular weight excluding hydrogens is 402 g/mol. The highest BCUT2D eigenvalue weighted by Crippen LogP contribution is 2.23. The minimum Gasteiger partial charge on any atom is -0.377 e. The van der Waals surface area contributed by atoms with Crippen molar-refractivity contribution in [3.63, 3.8) is 0 Å². The lowest BCUT2D eigenvalue weighted by molar-refractivity contribution is 0.0689. The van der Waals surface area contributed by atoms with Crippen LogP contribution in [0.1, 0.15) is 26.0 Å². The van der Waals surface area contributed by atoms with Gasteiger partial charge in [0.1, 0.15) is 11.5 Å². The summed E-state index contributed by atoms with van der Waals surface area (Å²) in [7, 11) is 3.63. The van der Waals surface area contributed by atoms with Crippen LogP contribution in [-0.4, -0.2) is 77.1 Å². The summed E-state index contributed by atoms with van der Waals surface area (Å²) in [6.07, 6.45) is 1.55. The lowest BCUT2D eigenvalue weighted by atomic mass is 10.2. The van der Waals surface area contributed by atoms with Gasteiger partial charge < -0.3 is 19.5 Å². The van der Waals surface area contributed by atoms with E-state index < -0.39 is 0 Å². The number of amides is 2. The van der Waals surface area contributed by atoms with Crippen LogP contribution in [0.15, 0.2) is 18.3 Å². The van der Waals surface area contributed by atoms with Gasteiger partial charge in [-0.1, -0.05) is 11.6 Å². The van der Waals surface area contributed by atoms with Crippen LogP contribution >= 0.6 is 22.9 Å². The molecule has 0 aliphatic carbocycles. The molecule has 0 aromatic carbocycles. The fraction of sp³-hybridized carbons (Fsp3) is 0.500. The average Bonchev–Trinajstić information content (AvgIpc) is 3.38. The SMILES string of the molecule is CO[C@H]1CN(C(=O)c2cn3c(n2)CN(C)CC3)C[C@@H]1NC(=O)c1ccc(Cl)s1. The zero-order valence-corrected chi connectivity index (χ0v) is 17.3. The Bertz CT molecular complexity index is 898. The molecule has 2 atom stereocenters. The number of nitrogens with one attached hydrogen (secondary N) is 1. The first-order chi connectivity index (χ1) is 13.4. The largest absolute Gasteiger partial charge is 0.377 e. The number of carbonyl (C=O) groups is 2. The van der Waals surface area contributed by atoms with E-state index in [1.165, 1.54) is 11.3 Å². The Morgan fingerprint density at radius 2 is 2.14 bits per heavy atom. The van der Waals surface area contributed by atoms with E-state index >= 15 is 0 Å². The van der Waals surface area contributed by atoms with Gasteiger partial charge in [-0.2, -0.15) is 0 Å². The summed E-state index contributed by atoms with van der Waals surface area (Å²) in [5.41, 5.74) is 0.442. The molecule has 2 amide bonds. The lowest BCUT2D eigenvalue weighted by Crippen LogP contribution is -2.43. The molecule has 150 valence electrons. The Balaban J connectivity index is 1.44. The summed E-state index contributed by atoms with van der Waals surface area (Å²) >= 11 is 7.13. The Morgan fingerprint density at radius 1 is 1.32 bits per heavy atom. The number of ether oxygens (including phenoxy) is 1. The van der Waals surface area contributed by atoms with Crippen molar-refractivity contribution in [2.75, 3.05) is 33.8 Å². The molecule has 4 heterocycles. The van der Waals surface area contributed by atoms with Crippen molar-refractivity contribution in [1.29, 1.82) is 0 Å². The standard InChI is InChI=1S/C18H22ClN5O3S/c1-22-5-6-23-8-12(20-16(23)10-22)18(26)24-7-11(13(9-24)27-2)21-17(25)14-3-4-15(19)28-14/h3-4,8,11,13H,5-7,9-10H2,1-2H3,(H,21,25)/t11-,13-/m0/s1. The maximum Gasteiger partial charge on any atom is 0.274 e. The molecule has 0 bridgehead atoms. The minimum absolute atomic E-state index is 0.137. The monoisotopic (exact) mass is 423 g/mol. The van der Waals surface area contributed by atoms with Gasteiger partial charge >= 0.3 is 0 Å². The number of thiophene rings is 1. The zero-order chi connectivity index (χ0) is 19.8. The van der Waals surface area contributed by atoms with Crippen molar-refractivity contribution in [1.82, 2.24) is 24.7 Å². The van der Waals surface area contributed by atoms with Crippen molar-refractivity contribution < 1.29 is 14.3 Å². The van der Waals surface area contributed by atoms with E-state index in [9.17, 15) is 9.59 Å². The van der Waals surface area contributed by atoms with Gasteiger partial charge in [-0.15, -0.1) is 11.3 Å². The molecule has 0 saturated carbocycles. The lowest BCUT2D eigenvalue weighted by Gasteiger charge is -2.22. The van der Waals surface area contributed by atoms with Crippen molar-refractivity contribution >= 4 is 34.8 Å². The van der Waals surface area contributed by atoms with Crippen LogP contribution in [-0.2, 0) is 17.8 Å². The molecule has 8 nitrogen and oxygen atoms in total. The van der Waals surface area contributed by atoms with E-state index in [2.05, 4.69) is 15.2 Å². The normalized spacial score (nSPS) is 22.3. The van der Waals surface area contributed by atoms with Crippen molar-refractivity contribution in [2.45, 2.75) is 25.2 Å². The maximum atomic E-state index is 13.0. The first-order valence-corrected chi connectivity index (χ1v) is 10.3. The number of methoxy groups -OCH3 is 1. The number of hydrogen-bond acceptors (Lipinski definition) is 6. The van der Waals surface area contributed by atoms with Gasteiger partial charge in [0.2, 0.25) is 0 Å². The van der Waals surface area contributed by atoms with Crippen LogP contribution < -0.4 is 5.32 Å². The van der Waals surface area contributed by atoms with Gasteiger partial charge in [-0.3, -0.25) is 14.5 Å². The number of likely N-dealkylation sites (N-methyl/N-ethyl adjacent to an activating group) is 1. The van der Waals surface area contributed by atoms with Gasteiger partial charge in [-0.05, 0) is 19.2 Å². The molecule has 4 rings (SSSR count). The highest BCUT2D eigenvalue weighted by atomic mass is 35.5. The van der Waals surface area contributed by atoms with Crippen LogP contribution in [0.25, 0.3) is 0 Å². The average molecular weight is 424 g/mol. The topological polar surface area (TPSA) is 79.7 Å². The minimum atomic E-state index is -0.286. The molecule has 2 aromatic heterocycles. The quantitative estimate of drug-likeness (QED) is 0.802. The number of hydrogen-bond donors (Lipinski definition) is 1. The Morgan fingerprint density at radius 3 is 2.86 bits per heavy atom. The highest BCUT2D eigenvalue weighted by Gasteiger charge is 2.38. The van der Waals surface area contributed by atoms with E-state index in [1.54, 1.807) is 24.1 Å². The summed E-state index contributed by atoms with van der Waals surface area (Å²) < 4.78 is 8.11. The molecule has 2 aliphatic heterocycles. The van der Waals surface area contributed by atoms with Crippen LogP contribution in [0.5, 0.6) is 0 Å². The predicted molar refractivity (Wildman–Crippen MR) is 106 cm³/mol. The summed E-state index contributed by atoms with van der Waals surface area (Å²) in [6.45, 7) is 3.29. The molecule has 0 unspecified atom stereocenters. The van der Waals surface area contributed by atoms with Crippen LogP contribution in [0.4, 0.5) is 0 Å². The molecular formula is C18H22ClN5O3S. The number of aromatic nitrogens is 2. The number of fused-ring (bicyclic) bond motifs is 1. The van der Waals surface area contributed by atoms with Crippen molar-refractivity contribution in [2.24, 2.45) is 0 Å². The Kier molecular flexibility index (Phi) is 5.42. The molecule has 0 radical (unpaired) electrons. The number of likely N-dealkylation sites (tertiary alicyclic amines) is 1. The fourth-order valence-corrected chi connectivity index (χ4v) is 4.58. The number of carbonyl (C=O) groups excluding carboxylic acids is 2. The van der Waals surface area contributed by atoms with E-state index in [0.717, 1.165) is 25.5 Å². The van der Waals surface area contributed by atoms with Gasteiger partial charge in [0, 0.05) is 39.5 Å². The Labute approximate surface area is 172 Å². The third kappa shape index (κ3) is 3.80. The number of nitrogens with zero attached hydrogens (tertiary/aromatic N) is 4. The molecule has 1 fully saturated rings. The van der Waals surface area contributed by atoms with Crippen LogP contribution in [0, 0.1) is 0 Å². The molecule has 1 N–H and O–H groups in total. The second-order valence-electron chi connectivity index (χ2n) is 7.14. The first-order valence-electron chi connectivity index (χ1n) is 9.07.